The highest BCUT2D eigenvalue weighted by molar-refractivity contribution is 8.09. The van der Waals surface area contributed by atoms with Gasteiger partial charge < -0.3 is 21.4 Å². The van der Waals surface area contributed by atoms with Gasteiger partial charge >= 0.3 is 0 Å². The van der Waals surface area contributed by atoms with Crippen LogP contribution in [0.15, 0.2) is 55.1 Å². The van der Waals surface area contributed by atoms with Crippen LogP contribution in [0.25, 0.3) is 15.9 Å². The number of aromatic nitrogens is 4. The molecule has 5 N–H and O–H groups in total. The van der Waals surface area contributed by atoms with Crippen molar-refractivity contribution in [2.75, 3.05) is 17.6 Å². The number of nitrogens with one attached hydrogen (secondary N) is 3. The second-order valence-electron chi connectivity index (χ2n) is 7.94. The van der Waals surface area contributed by atoms with Gasteiger partial charge in [0, 0.05) is 41.2 Å². The first-order valence-electron chi connectivity index (χ1n) is 10.9. The van der Waals surface area contributed by atoms with Gasteiger partial charge in [-0.1, -0.05) is 12.1 Å². The minimum Gasteiger partial charge on any atom is -0.383 e. The van der Waals surface area contributed by atoms with Crippen LogP contribution in [0.4, 0.5) is 20.4 Å². The summed E-state index contributed by atoms with van der Waals surface area (Å²) in [6.07, 6.45) is 7.91. The summed E-state index contributed by atoms with van der Waals surface area (Å²) in [7, 11) is 0. The molecule has 0 saturated heterocycles. The van der Waals surface area contributed by atoms with Gasteiger partial charge in [0.1, 0.15) is 23.6 Å². The van der Waals surface area contributed by atoms with E-state index in [1.807, 2.05) is 6.20 Å². The van der Waals surface area contributed by atoms with Crippen molar-refractivity contribution in [3.8, 4) is 0 Å². The number of fused-ring (bicyclic) bond motifs is 1. The second-order valence-corrected chi connectivity index (χ2v) is 9.28. The zero-order valence-corrected chi connectivity index (χ0v) is 19.2. The number of nitrogen functional groups attached to an aromatic ring is 1. The number of hydrogen-bond donors (Lipinski definition) is 4. The number of allylic oxidation sites excluding steroid dienone is 1. The molecule has 1 unspecified atom stereocenters. The molecule has 8 nitrogen and oxygen atoms in total. The average Bonchev–Trinajstić information content (AvgIpc) is 3.51. The quantitative estimate of drug-likeness (QED) is 0.306. The highest BCUT2D eigenvalue weighted by Gasteiger charge is 2.23. The first-order valence-corrected chi connectivity index (χ1v) is 11.7. The third-order valence-electron chi connectivity index (χ3n) is 5.61. The fourth-order valence-corrected chi connectivity index (χ4v) is 5.06. The summed E-state index contributed by atoms with van der Waals surface area (Å²) in [5.74, 6) is -1.36. The molecular weight excluding hydrogens is 472 g/mol. The van der Waals surface area contributed by atoms with E-state index in [1.54, 1.807) is 30.1 Å². The highest BCUT2D eigenvalue weighted by atomic mass is 32.2. The molecule has 3 aromatic heterocycles. The molecule has 0 bridgehead atoms. The summed E-state index contributed by atoms with van der Waals surface area (Å²) in [6, 6.07) is 6.86. The van der Waals surface area contributed by atoms with E-state index in [-0.39, 0.29) is 17.7 Å². The number of halogens is 2. The van der Waals surface area contributed by atoms with Crippen LogP contribution in [0, 0.1) is 11.6 Å². The zero-order chi connectivity index (χ0) is 24.4. The van der Waals surface area contributed by atoms with E-state index in [9.17, 15) is 13.6 Å². The number of hydrogen-bond acceptors (Lipinski definition) is 7. The molecule has 5 rings (SSSR count). The van der Waals surface area contributed by atoms with Crippen molar-refractivity contribution in [3.63, 3.8) is 0 Å². The van der Waals surface area contributed by atoms with Crippen LogP contribution in [0.3, 0.4) is 0 Å². The predicted octanol–water partition coefficient (Wildman–Crippen LogP) is 4.10. The molecule has 4 aromatic rings. The van der Waals surface area contributed by atoms with Gasteiger partial charge in [0.15, 0.2) is 11.6 Å². The zero-order valence-electron chi connectivity index (χ0n) is 18.4. The van der Waals surface area contributed by atoms with Crippen LogP contribution in [0.2, 0.25) is 0 Å². The van der Waals surface area contributed by atoms with Gasteiger partial charge in [0.2, 0.25) is 0 Å². The Morgan fingerprint density at radius 2 is 2.09 bits per heavy atom. The number of nitrogens with two attached hydrogens (primary N) is 1. The Morgan fingerprint density at radius 1 is 1.20 bits per heavy atom. The number of amides is 1. The molecule has 0 fully saturated rings. The summed E-state index contributed by atoms with van der Waals surface area (Å²) in [6.45, 7) is 0.646. The molecule has 1 aliphatic rings. The number of aromatic amines is 1. The topological polar surface area (TPSA) is 122 Å². The highest BCUT2D eigenvalue weighted by Crippen LogP contribution is 2.42. The van der Waals surface area contributed by atoms with E-state index in [0.717, 1.165) is 34.4 Å². The number of rotatable bonds is 7. The van der Waals surface area contributed by atoms with Crippen molar-refractivity contribution in [1.82, 2.24) is 25.3 Å². The molecule has 4 heterocycles. The van der Waals surface area contributed by atoms with Crippen molar-refractivity contribution >= 4 is 45.2 Å². The Kier molecular flexibility index (Phi) is 6.32. The number of pyridine rings is 1. The van der Waals surface area contributed by atoms with Gasteiger partial charge in [0.25, 0.3) is 5.91 Å². The number of carbonyl (C=O) groups is 1. The molecule has 35 heavy (non-hydrogen) atoms. The Hall–Kier alpha value is -3.99. The Balaban J connectivity index is 1.21. The summed E-state index contributed by atoms with van der Waals surface area (Å²) in [4.78, 5) is 29.6. The monoisotopic (exact) mass is 493 g/mol. The van der Waals surface area contributed by atoms with E-state index in [0.29, 0.717) is 35.0 Å². The van der Waals surface area contributed by atoms with E-state index < -0.39 is 11.6 Å². The maximum Gasteiger partial charge on any atom is 0.255 e. The predicted molar refractivity (Wildman–Crippen MR) is 133 cm³/mol. The Labute approximate surface area is 203 Å². The average molecular weight is 494 g/mol. The second kappa shape index (κ2) is 9.71. The van der Waals surface area contributed by atoms with Gasteiger partial charge in [-0.2, -0.15) is 0 Å². The molecule has 0 spiro atoms. The number of thioether (sulfide) groups is 1. The summed E-state index contributed by atoms with van der Waals surface area (Å²) in [5, 5.41) is 7.03. The van der Waals surface area contributed by atoms with Gasteiger partial charge in [0.05, 0.1) is 10.9 Å². The van der Waals surface area contributed by atoms with Crippen LogP contribution >= 0.6 is 11.8 Å². The van der Waals surface area contributed by atoms with Gasteiger partial charge in [-0.05, 0) is 36.2 Å². The van der Waals surface area contributed by atoms with Gasteiger partial charge in [-0.3, -0.25) is 4.79 Å². The Bertz CT molecular complexity index is 1440. The van der Waals surface area contributed by atoms with Crippen molar-refractivity contribution in [2.45, 2.75) is 18.2 Å². The first-order chi connectivity index (χ1) is 17.0. The van der Waals surface area contributed by atoms with Crippen LogP contribution in [0.1, 0.15) is 27.9 Å². The van der Waals surface area contributed by atoms with Crippen molar-refractivity contribution < 1.29 is 13.6 Å². The standard InChI is InChI=1S/C24H21F2N7OS/c25-17-5-3-13(8-18(17)26)9-31-24(34)15-2-1-7-28-22(15)29-10-14-4-6-19(35-14)16-11-30-23-20(16)21(27)32-12-33-23/h1-3,5-8,11-12,14H,4,9-10H2,(H,28,29)(H,31,34)(H3,27,30,32,33). The molecular formula is C24H21F2N7OS. The first kappa shape index (κ1) is 22.8. The SMILES string of the molecule is Nc1ncnc2[nH]cc(C3=CCC(CNc4ncccc4C(=O)NCc4ccc(F)c(F)c4)S3)c12. The fraction of sp³-hybridized carbons (Fsp3) is 0.167. The third kappa shape index (κ3) is 4.80. The van der Waals surface area contributed by atoms with Crippen molar-refractivity contribution in [3.05, 3.63) is 83.5 Å². The molecule has 0 radical (unpaired) electrons. The van der Waals surface area contributed by atoms with Gasteiger partial charge in [-0.25, -0.2) is 23.7 Å². The molecule has 1 aromatic carbocycles. The lowest BCUT2D eigenvalue weighted by atomic mass is 10.2. The molecule has 1 aliphatic heterocycles. The summed E-state index contributed by atoms with van der Waals surface area (Å²) in [5.41, 5.74) is 8.55. The third-order valence-corrected chi connectivity index (χ3v) is 6.94. The summed E-state index contributed by atoms with van der Waals surface area (Å²) < 4.78 is 26.5. The van der Waals surface area contributed by atoms with Gasteiger partial charge in [-0.15, -0.1) is 11.8 Å². The molecule has 1 atom stereocenters. The maximum absolute atomic E-state index is 13.4. The molecule has 0 saturated carbocycles. The fourth-order valence-electron chi connectivity index (χ4n) is 3.86. The van der Waals surface area contributed by atoms with Crippen LogP contribution < -0.4 is 16.4 Å². The lowest BCUT2D eigenvalue weighted by molar-refractivity contribution is 0.0951. The smallest absolute Gasteiger partial charge is 0.255 e. The lowest BCUT2D eigenvalue weighted by Gasteiger charge is -2.15. The van der Waals surface area contributed by atoms with Crippen molar-refractivity contribution in [1.29, 1.82) is 0 Å². The number of H-pyrrole nitrogens is 1. The molecule has 0 aliphatic carbocycles. The maximum atomic E-state index is 13.4. The number of benzene rings is 1. The van der Waals surface area contributed by atoms with E-state index in [2.05, 4.69) is 36.6 Å². The van der Waals surface area contributed by atoms with E-state index >= 15 is 0 Å². The van der Waals surface area contributed by atoms with Crippen LogP contribution in [0.5, 0.6) is 0 Å². The van der Waals surface area contributed by atoms with E-state index in [1.165, 1.54) is 12.4 Å². The minimum absolute atomic E-state index is 0.0631. The van der Waals surface area contributed by atoms with E-state index in [4.69, 9.17) is 5.73 Å². The summed E-state index contributed by atoms with van der Waals surface area (Å²) >= 11 is 1.71. The van der Waals surface area contributed by atoms with Crippen LogP contribution in [-0.4, -0.2) is 37.6 Å². The minimum atomic E-state index is -0.953. The molecule has 11 heteroatoms. The number of nitrogens with zero attached hydrogens (tertiary/aromatic N) is 3. The lowest BCUT2D eigenvalue weighted by Crippen LogP contribution is -2.25. The molecule has 178 valence electrons. The largest absolute Gasteiger partial charge is 0.383 e. The number of carbonyl (C=O) groups excluding carboxylic acids is 1. The normalized spacial score (nSPS) is 15.3. The Morgan fingerprint density at radius 3 is 2.94 bits per heavy atom. The van der Waals surface area contributed by atoms with Crippen molar-refractivity contribution in [2.24, 2.45) is 0 Å². The molecule has 1 amide bonds. The number of anilines is 2. The van der Waals surface area contributed by atoms with Crippen LogP contribution in [-0.2, 0) is 6.54 Å².